The van der Waals surface area contributed by atoms with Crippen molar-refractivity contribution in [3.8, 4) is 5.75 Å². The second kappa shape index (κ2) is 5.53. The summed E-state index contributed by atoms with van der Waals surface area (Å²) in [7, 11) is 0. The average molecular weight is 288 g/mol. The summed E-state index contributed by atoms with van der Waals surface area (Å²) in [6.45, 7) is 1.23. The van der Waals surface area contributed by atoms with Crippen molar-refractivity contribution in [2.45, 2.75) is 13.1 Å². The summed E-state index contributed by atoms with van der Waals surface area (Å²) in [5, 5.41) is 13.6. The summed E-state index contributed by atoms with van der Waals surface area (Å²) in [6, 6.07) is 11.0. The number of hydrogen-bond donors (Lipinski definition) is 2. The number of phenolic OH excluding ortho intramolecular Hbond substituents is 1. The Labute approximate surface area is 121 Å². The van der Waals surface area contributed by atoms with E-state index in [2.05, 4.69) is 10.3 Å². The molecule has 0 saturated heterocycles. The maximum Gasteiger partial charge on any atom is 0.137 e. The number of halogens is 1. The Morgan fingerprint density at radius 1 is 1.10 bits per heavy atom. The number of phenols is 1. The number of hydrogen-bond acceptors (Lipinski definition) is 3. The number of nitrogens with zero attached hydrogens (tertiary/aromatic N) is 2. The normalized spacial score (nSPS) is 11.1. The molecule has 2 N–H and O–H groups in total. The molecule has 0 saturated carbocycles. The molecular formula is C15H14ClN3O. The molecule has 4 nitrogen and oxygen atoms in total. The van der Waals surface area contributed by atoms with Gasteiger partial charge in [0.1, 0.15) is 11.4 Å². The van der Waals surface area contributed by atoms with Gasteiger partial charge in [0.15, 0.2) is 0 Å². The van der Waals surface area contributed by atoms with Crippen LogP contribution in [0, 0.1) is 0 Å². The highest BCUT2D eigenvalue weighted by Gasteiger charge is 2.03. The van der Waals surface area contributed by atoms with Crippen molar-refractivity contribution in [3.63, 3.8) is 0 Å². The van der Waals surface area contributed by atoms with Crippen molar-refractivity contribution >= 4 is 17.2 Å². The first kappa shape index (κ1) is 13.0. The molecule has 20 heavy (non-hydrogen) atoms. The number of para-hydroxylation sites is 1. The highest BCUT2D eigenvalue weighted by Crippen LogP contribution is 2.15. The van der Waals surface area contributed by atoms with E-state index in [1.165, 1.54) is 0 Å². The van der Waals surface area contributed by atoms with Crippen LogP contribution >= 0.6 is 11.6 Å². The lowest BCUT2D eigenvalue weighted by molar-refractivity contribution is 0.464. The Hall–Kier alpha value is -2.04. The van der Waals surface area contributed by atoms with Crippen molar-refractivity contribution in [1.29, 1.82) is 0 Å². The summed E-state index contributed by atoms with van der Waals surface area (Å²) in [5.74, 6) is 0.307. The molecule has 0 aliphatic rings. The molecule has 0 atom stereocenters. The minimum atomic E-state index is 0.307. The Balaban J connectivity index is 1.67. The molecule has 0 aliphatic heterocycles. The van der Waals surface area contributed by atoms with Crippen LogP contribution in [0.1, 0.15) is 11.3 Å². The van der Waals surface area contributed by atoms with Gasteiger partial charge in [-0.1, -0.05) is 29.8 Å². The fraction of sp³-hybridized carbons (Fsp3) is 0.133. The van der Waals surface area contributed by atoms with E-state index < -0.39 is 0 Å². The molecule has 0 fully saturated rings. The van der Waals surface area contributed by atoms with E-state index in [9.17, 15) is 5.11 Å². The summed E-state index contributed by atoms with van der Waals surface area (Å²) in [5.41, 5.74) is 2.68. The first-order valence-corrected chi connectivity index (χ1v) is 6.71. The third kappa shape index (κ3) is 2.76. The molecule has 2 aromatic heterocycles. The summed E-state index contributed by atoms with van der Waals surface area (Å²) >= 11 is 5.94. The van der Waals surface area contributed by atoms with E-state index in [1.807, 2.05) is 47.1 Å². The van der Waals surface area contributed by atoms with E-state index in [0.29, 0.717) is 23.9 Å². The fourth-order valence-electron chi connectivity index (χ4n) is 2.09. The summed E-state index contributed by atoms with van der Waals surface area (Å²) in [4.78, 5) is 4.49. The van der Waals surface area contributed by atoms with E-state index in [0.717, 1.165) is 16.9 Å². The lowest BCUT2D eigenvalue weighted by atomic mass is 10.2. The second-order valence-electron chi connectivity index (χ2n) is 4.58. The topological polar surface area (TPSA) is 49.6 Å². The number of imidazole rings is 1. The molecule has 5 heteroatoms. The molecule has 2 heterocycles. The predicted molar refractivity (Wildman–Crippen MR) is 78.9 cm³/mol. The van der Waals surface area contributed by atoms with Crippen LogP contribution in [0.25, 0.3) is 5.65 Å². The number of aromatic nitrogens is 2. The third-order valence-corrected chi connectivity index (χ3v) is 3.30. The summed E-state index contributed by atoms with van der Waals surface area (Å²) in [6.07, 6.45) is 3.77. The first-order valence-electron chi connectivity index (χ1n) is 6.33. The highest BCUT2D eigenvalue weighted by molar-refractivity contribution is 6.30. The van der Waals surface area contributed by atoms with Crippen LogP contribution in [-0.2, 0) is 13.1 Å². The SMILES string of the molecule is Oc1ccccc1CNCc1cn2cc(Cl)ccc2n1. The lowest BCUT2D eigenvalue weighted by Gasteiger charge is -2.04. The maximum atomic E-state index is 9.68. The zero-order valence-corrected chi connectivity index (χ0v) is 11.5. The van der Waals surface area contributed by atoms with Crippen molar-refractivity contribution in [1.82, 2.24) is 14.7 Å². The van der Waals surface area contributed by atoms with Gasteiger partial charge < -0.3 is 14.8 Å². The Morgan fingerprint density at radius 2 is 1.95 bits per heavy atom. The van der Waals surface area contributed by atoms with Crippen LogP contribution < -0.4 is 5.32 Å². The number of aromatic hydroxyl groups is 1. The molecule has 0 bridgehead atoms. The predicted octanol–water partition coefficient (Wildman–Crippen LogP) is 2.98. The van der Waals surface area contributed by atoms with Gasteiger partial charge in [-0.3, -0.25) is 0 Å². The van der Waals surface area contributed by atoms with Crippen LogP contribution in [0.5, 0.6) is 5.75 Å². The Bertz CT molecular complexity index is 739. The van der Waals surface area contributed by atoms with Gasteiger partial charge >= 0.3 is 0 Å². The van der Waals surface area contributed by atoms with E-state index in [4.69, 9.17) is 11.6 Å². The molecule has 0 spiro atoms. The van der Waals surface area contributed by atoms with Crippen molar-refractivity contribution in [2.75, 3.05) is 0 Å². The van der Waals surface area contributed by atoms with Gasteiger partial charge in [-0.2, -0.15) is 0 Å². The molecule has 3 rings (SSSR count). The lowest BCUT2D eigenvalue weighted by Crippen LogP contribution is -2.12. The number of pyridine rings is 1. The molecule has 0 unspecified atom stereocenters. The van der Waals surface area contributed by atoms with Crippen LogP contribution in [0.2, 0.25) is 5.02 Å². The van der Waals surface area contributed by atoms with Crippen LogP contribution in [-0.4, -0.2) is 14.5 Å². The zero-order valence-electron chi connectivity index (χ0n) is 10.8. The van der Waals surface area contributed by atoms with Gasteiger partial charge in [0.2, 0.25) is 0 Å². The van der Waals surface area contributed by atoms with Crippen LogP contribution in [0.4, 0.5) is 0 Å². The van der Waals surface area contributed by atoms with E-state index in [1.54, 1.807) is 6.07 Å². The van der Waals surface area contributed by atoms with E-state index in [-0.39, 0.29) is 0 Å². The molecule has 0 radical (unpaired) electrons. The third-order valence-electron chi connectivity index (χ3n) is 3.08. The largest absolute Gasteiger partial charge is 0.508 e. The van der Waals surface area contributed by atoms with E-state index >= 15 is 0 Å². The fourth-order valence-corrected chi connectivity index (χ4v) is 2.26. The number of rotatable bonds is 4. The highest BCUT2D eigenvalue weighted by atomic mass is 35.5. The summed E-state index contributed by atoms with van der Waals surface area (Å²) < 4.78 is 1.90. The zero-order chi connectivity index (χ0) is 13.9. The Morgan fingerprint density at radius 3 is 2.80 bits per heavy atom. The molecule has 3 aromatic rings. The molecule has 1 aromatic carbocycles. The van der Waals surface area contributed by atoms with Crippen molar-refractivity contribution < 1.29 is 5.11 Å². The smallest absolute Gasteiger partial charge is 0.137 e. The standard InChI is InChI=1S/C15H14ClN3O/c16-12-5-6-15-18-13(10-19(15)9-12)8-17-7-11-3-1-2-4-14(11)20/h1-6,9-10,17,20H,7-8H2. The maximum absolute atomic E-state index is 9.68. The van der Waals surface area contributed by atoms with Gasteiger partial charge in [-0.15, -0.1) is 0 Å². The minimum absolute atomic E-state index is 0.307. The minimum Gasteiger partial charge on any atom is -0.508 e. The molecule has 0 amide bonds. The van der Waals surface area contributed by atoms with Crippen LogP contribution in [0.3, 0.4) is 0 Å². The monoisotopic (exact) mass is 287 g/mol. The quantitative estimate of drug-likeness (QED) is 0.775. The molecule has 0 aliphatic carbocycles. The number of nitrogens with one attached hydrogen (secondary N) is 1. The van der Waals surface area contributed by atoms with Gasteiger partial charge in [0.05, 0.1) is 10.7 Å². The van der Waals surface area contributed by atoms with Crippen LogP contribution in [0.15, 0.2) is 48.8 Å². The van der Waals surface area contributed by atoms with Gasteiger partial charge in [0.25, 0.3) is 0 Å². The second-order valence-corrected chi connectivity index (χ2v) is 5.01. The number of fused-ring (bicyclic) bond motifs is 1. The van der Waals surface area contributed by atoms with Crippen molar-refractivity contribution in [3.05, 3.63) is 65.1 Å². The van der Waals surface area contributed by atoms with Gasteiger partial charge in [-0.25, -0.2) is 4.98 Å². The van der Waals surface area contributed by atoms with Crippen molar-refractivity contribution in [2.24, 2.45) is 0 Å². The Kier molecular flexibility index (Phi) is 3.58. The van der Waals surface area contributed by atoms with Gasteiger partial charge in [0, 0.05) is 31.0 Å². The molecular weight excluding hydrogens is 274 g/mol. The average Bonchev–Trinajstić information content (AvgIpc) is 2.83. The van der Waals surface area contributed by atoms with Gasteiger partial charge in [-0.05, 0) is 18.2 Å². The molecule has 102 valence electrons. The first-order chi connectivity index (χ1) is 9.72. The number of benzene rings is 1.